The molecule has 0 saturated heterocycles. The molecule has 0 aromatic heterocycles. The van der Waals surface area contributed by atoms with Crippen LogP contribution in [0.25, 0.3) is 0 Å². The SMILES string of the molecule is CC(N)SCc1ccccc1. The van der Waals surface area contributed by atoms with Gasteiger partial charge in [-0.1, -0.05) is 30.3 Å². The van der Waals surface area contributed by atoms with E-state index < -0.39 is 0 Å². The number of hydrogen-bond acceptors (Lipinski definition) is 2. The molecule has 2 heteroatoms. The van der Waals surface area contributed by atoms with Crippen LogP contribution in [-0.2, 0) is 5.75 Å². The third-order valence-electron chi connectivity index (χ3n) is 1.36. The summed E-state index contributed by atoms with van der Waals surface area (Å²) < 4.78 is 0. The lowest BCUT2D eigenvalue weighted by Gasteiger charge is -2.03. The Balaban J connectivity index is 2.39. The van der Waals surface area contributed by atoms with E-state index in [4.69, 9.17) is 5.73 Å². The average Bonchev–Trinajstić information content (AvgIpc) is 2.03. The minimum Gasteiger partial charge on any atom is -0.320 e. The van der Waals surface area contributed by atoms with Gasteiger partial charge in [0.05, 0.1) is 0 Å². The van der Waals surface area contributed by atoms with Crippen molar-refractivity contribution in [2.75, 3.05) is 0 Å². The highest BCUT2D eigenvalue weighted by atomic mass is 32.2. The number of hydrogen-bond donors (Lipinski definition) is 1. The Labute approximate surface area is 72.0 Å². The minimum atomic E-state index is 0.232. The molecule has 1 unspecified atom stereocenters. The van der Waals surface area contributed by atoms with Crippen LogP contribution in [0.15, 0.2) is 30.3 Å². The summed E-state index contributed by atoms with van der Waals surface area (Å²) >= 11 is 1.76. The molecule has 60 valence electrons. The van der Waals surface area contributed by atoms with E-state index in [1.54, 1.807) is 11.8 Å². The van der Waals surface area contributed by atoms with Crippen LogP contribution in [0.5, 0.6) is 0 Å². The predicted molar refractivity (Wildman–Crippen MR) is 51.4 cm³/mol. The van der Waals surface area contributed by atoms with Crippen molar-refractivity contribution in [2.24, 2.45) is 5.73 Å². The fraction of sp³-hybridized carbons (Fsp3) is 0.333. The molecular weight excluding hydrogens is 154 g/mol. The molecule has 1 rings (SSSR count). The smallest absolute Gasteiger partial charge is 0.0481 e. The lowest BCUT2D eigenvalue weighted by molar-refractivity contribution is 1.04. The van der Waals surface area contributed by atoms with Crippen molar-refractivity contribution >= 4 is 11.8 Å². The van der Waals surface area contributed by atoms with Crippen LogP contribution in [0.1, 0.15) is 12.5 Å². The van der Waals surface area contributed by atoms with Gasteiger partial charge < -0.3 is 5.73 Å². The van der Waals surface area contributed by atoms with Crippen LogP contribution >= 0.6 is 11.8 Å². The zero-order valence-corrected chi connectivity index (χ0v) is 7.47. The molecule has 1 nitrogen and oxygen atoms in total. The summed E-state index contributed by atoms with van der Waals surface area (Å²) in [5.41, 5.74) is 6.95. The van der Waals surface area contributed by atoms with Gasteiger partial charge in [-0.15, -0.1) is 11.8 Å². The maximum Gasteiger partial charge on any atom is 0.0481 e. The van der Waals surface area contributed by atoms with Gasteiger partial charge in [0.2, 0.25) is 0 Å². The largest absolute Gasteiger partial charge is 0.320 e. The standard InChI is InChI=1S/C9H13NS/c1-8(10)11-7-9-5-3-2-4-6-9/h2-6,8H,7,10H2,1H3. The number of rotatable bonds is 3. The molecule has 0 radical (unpaired) electrons. The summed E-state index contributed by atoms with van der Waals surface area (Å²) in [6.45, 7) is 2.01. The second-order valence-corrected chi connectivity index (χ2v) is 3.87. The summed E-state index contributed by atoms with van der Waals surface area (Å²) in [4.78, 5) is 0. The molecule has 0 bridgehead atoms. The van der Waals surface area contributed by atoms with Crippen LogP contribution in [0.3, 0.4) is 0 Å². The summed E-state index contributed by atoms with van der Waals surface area (Å²) in [5, 5.41) is 0.232. The lowest BCUT2D eigenvalue weighted by Crippen LogP contribution is -2.09. The molecule has 0 aliphatic heterocycles. The molecule has 0 aliphatic carbocycles. The monoisotopic (exact) mass is 167 g/mol. The van der Waals surface area contributed by atoms with Crippen molar-refractivity contribution in [1.29, 1.82) is 0 Å². The molecule has 2 N–H and O–H groups in total. The Morgan fingerprint density at radius 1 is 1.36 bits per heavy atom. The fourth-order valence-electron chi connectivity index (χ4n) is 0.802. The molecule has 0 aliphatic rings. The van der Waals surface area contributed by atoms with E-state index in [1.165, 1.54) is 5.56 Å². The highest BCUT2D eigenvalue weighted by Gasteiger charge is 1.94. The minimum absolute atomic E-state index is 0.232. The summed E-state index contributed by atoms with van der Waals surface area (Å²) in [6, 6.07) is 10.4. The van der Waals surface area contributed by atoms with Crippen molar-refractivity contribution in [3.63, 3.8) is 0 Å². The Morgan fingerprint density at radius 3 is 2.55 bits per heavy atom. The molecule has 1 aromatic carbocycles. The van der Waals surface area contributed by atoms with Crippen LogP contribution in [0.4, 0.5) is 0 Å². The predicted octanol–water partition coefficient (Wildman–Crippen LogP) is 2.22. The van der Waals surface area contributed by atoms with Crippen LogP contribution in [0, 0.1) is 0 Å². The van der Waals surface area contributed by atoms with Gasteiger partial charge >= 0.3 is 0 Å². The summed E-state index contributed by atoms with van der Waals surface area (Å²) in [6.07, 6.45) is 0. The van der Waals surface area contributed by atoms with E-state index in [1.807, 2.05) is 13.0 Å². The molecule has 0 amide bonds. The molecule has 0 spiro atoms. The molecule has 11 heavy (non-hydrogen) atoms. The van der Waals surface area contributed by atoms with Crippen molar-refractivity contribution in [2.45, 2.75) is 18.1 Å². The van der Waals surface area contributed by atoms with Crippen molar-refractivity contribution in [3.8, 4) is 0 Å². The van der Waals surface area contributed by atoms with Gasteiger partial charge in [-0.3, -0.25) is 0 Å². The van der Waals surface area contributed by atoms with Crippen molar-refractivity contribution in [1.82, 2.24) is 0 Å². The van der Waals surface area contributed by atoms with E-state index in [0.717, 1.165) is 5.75 Å². The molecule has 1 aromatic rings. The normalized spacial score (nSPS) is 12.9. The van der Waals surface area contributed by atoms with Gasteiger partial charge in [0.15, 0.2) is 0 Å². The Bertz CT molecular complexity index is 196. The maximum atomic E-state index is 5.60. The Morgan fingerprint density at radius 2 is 2.00 bits per heavy atom. The van der Waals surface area contributed by atoms with Gasteiger partial charge in [0, 0.05) is 11.1 Å². The fourth-order valence-corrected chi connectivity index (χ4v) is 1.45. The van der Waals surface area contributed by atoms with Gasteiger partial charge in [0.1, 0.15) is 0 Å². The highest BCUT2D eigenvalue weighted by Crippen LogP contribution is 2.13. The first-order chi connectivity index (χ1) is 5.29. The number of benzene rings is 1. The quantitative estimate of drug-likeness (QED) is 0.699. The van der Waals surface area contributed by atoms with E-state index in [0.29, 0.717) is 0 Å². The lowest BCUT2D eigenvalue weighted by atomic mass is 10.2. The van der Waals surface area contributed by atoms with E-state index >= 15 is 0 Å². The van der Waals surface area contributed by atoms with Crippen LogP contribution in [0.2, 0.25) is 0 Å². The van der Waals surface area contributed by atoms with Gasteiger partial charge in [-0.25, -0.2) is 0 Å². The van der Waals surface area contributed by atoms with E-state index in [-0.39, 0.29) is 5.37 Å². The zero-order chi connectivity index (χ0) is 8.10. The van der Waals surface area contributed by atoms with Gasteiger partial charge in [-0.2, -0.15) is 0 Å². The molecule has 0 heterocycles. The average molecular weight is 167 g/mol. The molecule has 0 saturated carbocycles. The first-order valence-corrected chi connectivity index (χ1v) is 4.75. The number of thioether (sulfide) groups is 1. The van der Waals surface area contributed by atoms with Gasteiger partial charge in [-0.05, 0) is 12.5 Å². The second-order valence-electron chi connectivity index (χ2n) is 2.50. The van der Waals surface area contributed by atoms with Crippen LogP contribution in [-0.4, -0.2) is 5.37 Å². The Kier molecular flexibility index (Phi) is 3.46. The molecule has 1 atom stereocenters. The van der Waals surface area contributed by atoms with Crippen LogP contribution < -0.4 is 5.73 Å². The maximum absolute atomic E-state index is 5.60. The molecular formula is C9H13NS. The summed E-state index contributed by atoms with van der Waals surface area (Å²) in [5.74, 6) is 1.01. The first-order valence-electron chi connectivity index (χ1n) is 3.70. The third kappa shape index (κ3) is 3.44. The van der Waals surface area contributed by atoms with E-state index in [2.05, 4.69) is 24.3 Å². The third-order valence-corrected chi connectivity index (χ3v) is 2.38. The van der Waals surface area contributed by atoms with Gasteiger partial charge in [0.25, 0.3) is 0 Å². The summed E-state index contributed by atoms with van der Waals surface area (Å²) in [7, 11) is 0. The zero-order valence-electron chi connectivity index (χ0n) is 6.66. The van der Waals surface area contributed by atoms with Crippen molar-refractivity contribution in [3.05, 3.63) is 35.9 Å². The van der Waals surface area contributed by atoms with E-state index in [9.17, 15) is 0 Å². The topological polar surface area (TPSA) is 26.0 Å². The first kappa shape index (κ1) is 8.62. The number of nitrogens with two attached hydrogens (primary N) is 1. The highest BCUT2D eigenvalue weighted by molar-refractivity contribution is 7.99. The molecule has 0 fully saturated rings. The Hall–Kier alpha value is -0.470. The van der Waals surface area contributed by atoms with Crippen molar-refractivity contribution < 1.29 is 0 Å². The second kappa shape index (κ2) is 4.42.